The van der Waals surface area contributed by atoms with Crippen molar-refractivity contribution < 1.29 is 0 Å². The van der Waals surface area contributed by atoms with Crippen molar-refractivity contribution in [2.24, 2.45) is 5.92 Å². The molecule has 0 saturated carbocycles. The van der Waals surface area contributed by atoms with Crippen LogP contribution in [-0.4, -0.2) is 24.0 Å². The molecule has 0 bridgehead atoms. The van der Waals surface area contributed by atoms with E-state index >= 15 is 0 Å². The summed E-state index contributed by atoms with van der Waals surface area (Å²) in [6.45, 7) is 5.12. The number of hydrogen-bond donors (Lipinski definition) is 0. The third-order valence-corrected chi connectivity index (χ3v) is 4.07. The Balaban J connectivity index is 1.85. The Morgan fingerprint density at radius 2 is 1.67 bits per heavy atom. The summed E-state index contributed by atoms with van der Waals surface area (Å²) in [7, 11) is 0. The highest BCUT2D eigenvalue weighted by Gasteiger charge is 2.21. The second-order valence-corrected chi connectivity index (χ2v) is 5.35. The van der Waals surface area contributed by atoms with Gasteiger partial charge in [-0.3, -0.25) is 0 Å². The van der Waals surface area contributed by atoms with Gasteiger partial charge in [-0.2, -0.15) is 0 Å². The lowest BCUT2D eigenvalue weighted by Gasteiger charge is -2.29. The molecule has 0 amide bonds. The second kappa shape index (κ2) is 5.69. The minimum Gasteiger partial charge on any atom is -0.300 e. The van der Waals surface area contributed by atoms with E-state index in [1.807, 2.05) is 0 Å². The van der Waals surface area contributed by atoms with Crippen LogP contribution in [0.3, 0.4) is 0 Å². The van der Waals surface area contributed by atoms with Gasteiger partial charge in [-0.25, -0.2) is 0 Å². The van der Waals surface area contributed by atoms with Crippen LogP contribution in [0.1, 0.15) is 51.9 Å². The molecule has 1 atom stereocenters. The number of nitrogens with zero attached hydrogens (tertiary/aromatic N) is 1. The Morgan fingerprint density at radius 1 is 0.933 bits per heavy atom. The number of likely N-dealkylation sites (tertiary alicyclic amines) is 1. The van der Waals surface area contributed by atoms with Gasteiger partial charge in [0.05, 0.1) is 0 Å². The van der Waals surface area contributed by atoms with Crippen molar-refractivity contribution in [1.29, 1.82) is 0 Å². The monoisotopic (exact) mass is 207 g/mol. The molecule has 1 saturated heterocycles. The van der Waals surface area contributed by atoms with Gasteiger partial charge in [0.25, 0.3) is 0 Å². The standard InChI is InChI=1S/C14H25N/c1-13-7-6-11-15(12-10-13)14-8-4-2-3-5-9-14/h2-3,13-14H,4-12H2,1H3. The van der Waals surface area contributed by atoms with Gasteiger partial charge in [-0.1, -0.05) is 19.1 Å². The quantitative estimate of drug-likeness (QED) is 0.594. The molecule has 1 nitrogen and oxygen atoms in total. The zero-order valence-electron chi connectivity index (χ0n) is 10.1. The van der Waals surface area contributed by atoms with Crippen LogP contribution in [0, 0.1) is 5.92 Å². The fourth-order valence-electron chi connectivity index (χ4n) is 2.97. The zero-order valence-corrected chi connectivity index (χ0v) is 10.1. The molecule has 15 heavy (non-hydrogen) atoms. The molecule has 0 spiro atoms. The second-order valence-electron chi connectivity index (χ2n) is 5.35. The third-order valence-electron chi connectivity index (χ3n) is 4.07. The first-order valence-electron chi connectivity index (χ1n) is 6.75. The van der Waals surface area contributed by atoms with E-state index in [9.17, 15) is 0 Å². The Morgan fingerprint density at radius 3 is 2.40 bits per heavy atom. The highest BCUT2D eigenvalue weighted by molar-refractivity contribution is 4.90. The van der Waals surface area contributed by atoms with Gasteiger partial charge >= 0.3 is 0 Å². The van der Waals surface area contributed by atoms with Crippen molar-refractivity contribution in [1.82, 2.24) is 4.90 Å². The van der Waals surface area contributed by atoms with Gasteiger partial charge in [-0.05, 0) is 64.0 Å². The summed E-state index contributed by atoms with van der Waals surface area (Å²) in [6.07, 6.45) is 14.4. The largest absolute Gasteiger partial charge is 0.300 e. The number of allylic oxidation sites excluding steroid dienone is 2. The molecule has 1 heteroatoms. The maximum atomic E-state index is 2.77. The molecule has 2 aliphatic rings. The van der Waals surface area contributed by atoms with Crippen molar-refractivity contribution in [2.75, 3.05) is 13.1 Å². The summed E-state index contributed by atoms with van der Waals surface area (Å²) >= 11 is 0. The Kier molecular flexibility index (Phi) is 4.25. The van der Waals surface area contributed by atoms with E-state index < -0.39 is 0 Å². The third kappa shape index (κ3) is 3.34. The normalized spacial score (nSPS) is 31.1. The zero-order chi connectivity index (χ0) is 10.5. The molecule has 1 aliphatic heterocycles. The average molecular weight is 207 g/mol. The Hall–Kier alpha value is -0.300. The average Bonchev–Trinajstić information content (AvgIpc) is 2.59. The van der Waals surface area contributed by atoms with E-state index in [0.717, 1.165) is 12.0 Å². The van der Waals surface area contributed by atoms with E-state index in [2.05, 4.69) is 24.0 Å². The molecule has 1 heterocycles. The molecular weight excluding hydrogens is 182 g/mol. The van der Waals surface area contributed by atoms with Gasteiger partial charge in [0, 0.05) is 6.04 Å². The summed E-state index contributed by atoms with van der Waals surface area (Å²) in [6, 6.07) is 0.880. The predicted octanol–water partition coefficient (Wildman–Crippen LogP) is 3.61. The summed E-state index contributed by atoms with van der Waals surface area (Å²) in [5, 5.41) is 0. The number of hydrogen-bond acceptors (Lipinski definition) is 1. The van der Waals surface area contributed by atoms with Gasteiger partial charge < -0.3 is 4.90 Å². The molecule has 1 aliphatic carbocycles. The smallest absolute Gasteiger partial charge is 0.0101 e. The van der Waals surface area contributed by atoms with Crippen molar-refractivity contribution in [3.63, 3.8) is 0 Å². The predicted molar refractivity (Wildman–Crippen MR) is 66.0 cm³/mol. The fraction of sp³-hybridized carbons (Fsp3) is 0.857. The number of rotatable bonds is 1. The molecule has 0 aromatic rings. The first kappa shape index (κ1) is 11.2. The lowest BCUT2D eigenvalue weighted by Crippen LogP contribution is -2.35. The highest BCUT2D eigenvalue weighted by atomic mass is 15.2. The van der Waals surface area contributed by atoms with Gasteiger partial charge in [0.15, 0.2) is 0 Å². The highest BCUT2D eigenvalue weighted by Crippen LogP contribution is 2.23. The lowest BCUT2D eigenvalue weighted by molar-refractivity contribution is 0.185. The van der Waals surface area contributed by atoms with Crippen molar-refractivity contribution >= 4 is 0 Å². The maximum absolute atomic E-state index is 2.77. The molecule has 2 rings (SSSR count). The molecule has 1 fully saturated rings. The van der Waals surface area contributed by atoms with Crippen LogP contribution in [0.2, 0.25) is 0 Å². The van der Waals surface area contributed by atoms with Crippen LogP contribution in [0.5, 0.6) is 0 Å². The first-order valence-corrected chi connectivity index (χ1v) is 6.75. The minimum absolute atomic E-state index is 0.880. The molecule has 1 unspecified atom stereocenters. The molecule has 0 aromatic carbocycles. The Bertz CT molecular complexity index is 199. The Labute approximate surface area is 94.5 Å². The van der Waals surface area contributed by atoms with Crippen LogP contribution >= 0.6 is 0 Å². The van der Waals surface area contributed by atoms with E-state index in [-0.39, 0.29) is 0 Å². The minimum atomic E-state index is 0.880. The lowest BCUT2D eigenvalue weighted by atomic mass is 10.0. The molecular formula is C14H25N. The summed E-state index contributed by atoms with van der Waals surface area (Å²) in [4.78, 5) is 2.77. The van der Waals surface area contributed by atoms with Crippen LogP contribution < -0.4 is 0 Å². The van der Waals surface area contributed by atoms with Crippen molar-refractivity contribution in [2.45, 2.75) is 57.9 Å². The van der Waals surface area contributed by atoms with Gasteiger partial charge in [-0.15, -0.1) is 0 Å². The maximum Gasteiger partial charge on any atom is 0.0101 e. The topological polar surface area (TPSA) is 3.24 Å². The van der Waals surface area contributed by atoms with Crippen LogP contribution in [0.4, 0.5) is 0 Å². The van der Waals surface area contributed by atoms with E-state index in [4.69, 9.17) is 0 Å². The molecule has 86 valence electrons. The van der Waals surface area contributed by atoms with Gasteiger partial charge in [0.1, 0.15) is 0 Å². The van der Waals surface area contributed by atoms with Crippen molar-refractivity contribution in [3.05, 3.63) is 12.2 Å². The summed E-state index contributed by atoms with van der Waals surface area (Å²) in [5.74, 6) is 0.957. The van der Waals surface area contributed by atoms with Crippen LogP contribution in [-0.2, 0) is 0 Å². The van der Waals surface area contributed by atoms with Crippen molar-refractivity contribution in [3.8, 4) is 0 Å². The van der Waals surface area contributed by atoms with Crippen LogP contribution in [0.25, 0.3) is 0 Å². The first-order chi connectivity index (χ1) is 7.36. The van der Waals surface area contributed by atoms with E-state index in [1.54, 1.807) is 0 Å². The van der Waals surface area contributed by atoms with Crippen LogP contribution in [0.15, 0.2) is 12.2 Å². The molecule has 0 aromatic heterocycles. The molecule has 0 N–H and O–H groups in total. The summed E-state index contributed by atoms with van der Waals surface area (Å²) in [5.41, 5.74) is 0. The molecule has 0 radical (unpaired) electrons. The van der Waals surface area contributed by atoms with Gasteiger partial charge in [0.2, 0.25) is 0 Å². The SMILES string of the molecule is CC1CCCN(C2CCC=CCC2)CC1. The summed E-state index contributed by atoms with van der Waals surface area (Å²) < 4.78 is 0. The fourth-order valence-corrected chi connectivity index (χ4v) is 2.97. The van der Waals surface area contributed by atoms with E-state index in [1.165, 1.54) is 58.0 Å². The van der Waals surface area contributed by atoms with E-state index in [0.29, 0.717) is 0 Å².